The summed E-state index contributed by atoms with van der Waals surface area (Å²) in [5.74, 6) is -0.889. The summed E-state index contributed by atoms with van der Waals surface area (Å²) in [6.45, 7) is 0. The number of ether oxygens (including phenoxy) is 2. The highest BCUT2D eigenvalue weighted by molar-refractivity contribution is 5.99. The highest BCUT2D eigenvalue weighted by Crippen LogP contribution is 2.60. The summed E-state index contributed by atoms with van der Waals surface area (Å²) in [6.07, 6.45) is 0. The topological polar surface area (TPSA) is 52.6 Å². The van der Waals surface area contributed by atoms with Crippen LogP contribution in [0.4, 0.5) is 0 Å². The van der Waals surface area contributed by atoms with E-state index >= 15 is 0 Å². The standard InChI is InChI=1S/C28H18O4/c29-25-21-15-7-9-17-23(21)27(31-25,19-11-3-1-4-12-19)28(20-13-5-2-6-14-20)24-18-10-8-16-22(24)26(30)32-28/h1-18H/t27-,28+. The number of carbonyl (C=O) groups is 2. The van der Waals surface area contributed by atoms with E-state index in [-0.39, 0.29) is 0 Å². The van der Waals surface area contributed by atoms with Crippen molar-refractivity contribution in [1.29, 1.82) is 0 Å². The minimum Gasteiger partial charge on any atom is -0.440 e. The average Bonchev–Trinajstić information content (AvgIpc) is 3.34. The van der Waals surface area contributed by atoms with E-state index in [1.165, 1.54) is 0 Å². The van der Waals surface area contributed by atoms with Crippen LogP contribution < -0.4 is 0 Å². The fraction of sp³-hybridized carbons (Fsp3) is 0.0714. The lowest BCUT2D eigenvalue weighted by Gasteiger charge is -2.45. The van der Waals surface area contributed by atoms with Gasteiger partial charge in [0.15, 0.2) is 0 Å². The zero-order valence-corrected chi connectivity index (χ0v) is 17.0. The Morgan fingerprint density at radius 1 is 0.438 bits per heavy atom. The molecule has 154 valence electrons. The Kier molecular flexibility index (Phi) is 3.87. The fourth-order valence-electron chi connectivity index (χ4n) is 5.14. The molecule has 0 radical (unpaired) electrons. The van der Waals surface area contributed by atoms with Crippen molar-refractivity contribution in [2.24, 2.45) is 0 Å². The fourth-order valence-corrected chi connectivity index (χ4v) is 5.14. The van der Waals surface area contributed by atoms with Crippen molar-refractivity contribution >= 4 is 11.9 Å². The third-order valence-corrected chi connectivity index (χ3v) is 6.40. The van der Waals surface area contributed by atoms with Gasteiger partial charge in [-0.15, -0.1) is 0 Å². The van der Waals surface area contributed by atoms with E-state index in [0.29, 0.717) is 22.3 Å². The van der Waals surface area contributed by atoms with Gasteiger partial charge < -0.3 is 9.47 Å². The molecule has 2 aliphatic rings. The maximum Gasteiger partial charge on any atom is 0.339 e. The third kappa shape index (κ3) is 2.21. The molecule has 2 aliphatic heterocycles. The summed E-state index contributed by atoms with van der Waals surface area (Å²) in [7, 11) is 0. The number of hydrogen-bond donors (Lipinski definition) is 0. The van der Waals surface area contributed by atoms with Crippen molar-refractivity contribution in [3.05, 3.63) is 143 Å². The van der Waals surface area contributed by atoms with Crippen LogP contribution in [0.25, 0.3) is 0 Å². The molecule has 0 saturated heterocycles. The van der Waals surface area contributed by atoms with Gasteiger partial charge in [0.2, 0.25) is 11.2 Å². The Balaban J connectivity index is 1.81. The SMILES string of the molecule is O=C1O[C@@](c2ccccc2)([C@@]2(c3ccccc3)OC(=O)c3ccccc32)c2ccccc21. The highest BCUT2D eigenvalue weighted by Gasteiger charge is 2.68. The first-order valence-electron chi connectivity index (χ1n) is 10.5. The molecule has 4 aromatic carbocycles. The van der Waals surface area contributed by atoms with Gasteiger partial charge in [-0.2, -0.15) is 0 Å². The molecule has 0 N–H and O–H groups in total. The minimum atomic E-state index is -1.40. The Hall–Kier alpha value is -4.18. The van der Waals surface area contributed by atoms with Crippen LogP contribution in [-0.2, 0) is 20.7 Å². The van der Waals surface area contributed by atoms with E-state index in [4.69, 9.17) is 9.47 Å². The summed E-state index contributed by atoms with van der Waals surface area (Å²) in [4.78, 5) is 26.4. The van der Waals surface area contributed by atoms with Crippen LogP contribution >= 0.6 is 0 Å². The quantitative estimate of drug-likeness (QED) is 0.429. The van der Waals surface area contributed by atoms with E-state index in [2.05, 4.69) is 0 Å². The predicted octanol–water partition coefficient (Wildman–Crippen LogP) is 5.21. The molecule has 0 amide bonds. The van der Waals surface area contributed by atoms with Gasteiger partial charge in [0.25, 0.3) is 0 Å². The Morgan fingerprint density at radius 2 is 0.781 bits per heavy atom. The van der Waals surface area contributed by atoms with Crippen LogP contribution in [0, 0.1) is 0 Å². The normalized spacial score (nSPS) is 23.2. The van der Waals surface area contributed by atoms with Crippen molar-refractivity contribution in [3.63, 3.8) is 0 Å². The summed E-state index contributed by atoms with van der Waals surface area (Å²) >= 11 is 0. The second-order valence-corrected chi connectivity index (χ2v) is 7.96. The van der Waals surface area contributed by atoms with Gasteiger partial charge in [-0.3, -0.25) is 0 Å². The zero-order valence-electron chi connectivity index (χ0n) is 17.0. The van der Waals surface area contributed by atoms with Crippen molar-refractivity contribution in [3.8, 4) is 0 Å². The van der Waals surface area contributed by atoms with Crippen molar-refractivity contribution in [2.75, 3.05) is 0 Å². The van der Waals surface area contributed by atoms with Gasteiger partial charge >= 0.3 is 11.9 Å². The lowest BCUT2D eigenvalue weighted by molar-refractivity contribution is -0.112. The largest absolute Gasteiger partial charge is 0.440 e. The van der Waals surface area contributed by atoms with Crippen molar-refractivity contribution < 1.29 is 19.1 Å². The van der Waals surface area contributed by atoms with Gasteiger partial charge in [0, 0.05) is 22.3 Å². The molecule has 0 unspecified atom stereocenters. The van der Waals surface area contributed by atoms with Gasteiger partial charge in [-0.05, 0) is 12.1 Å². The summed E-state index contributed by atoms with van der Waals surface area (Å²) in [6, 6.07) is 33.7. The van der Waals surface area contributed by atoms with E-state index in [0.717, 1.165) is 11.1 Å². The monoisotopic (exact) mass is 418 g/mol. The Morgan fingerprint density at radius 3 is 1.19 bits per heavy atom. The molecule has 4 nitrogen and oxygen atoms in total. The minimum absolute atomic E-state index is 0.444. The number of benzene rings is 4. The molecule has 0 spiro atoms. The number of hydrogen-bond acceptors (Lipinski definition) is 4. The van der Waals surface area contributed by atoms with E-state index < -0.39 is 23.1 Å². The van der Waals surface area contributed by atoms with Crippen molar-refractivity contribution in [2.45, 2.75) is 11.2 Å². The van der Waals surface area contributed by atoms with Gasteiger partial charge in [0.1, 0.15) is 0 Å². The van der Waals surface area contributed by atoms with E-state index in [9.17, 15) is 9.59 Å². The number of esters is 2. The summed E-state index contributed by atoms with van der Waals surface area (Å²) in [5, 5.41) is 0. The van der Waals surface area contributed by atoms with E-state index in [1.54, 1.807) is 12.1 Å². The molecule has 0 fully saturated rings. The molecular formula is C28H18O4. The first kappa shape index (κ1) is 18.6. The summed E-state index contributed by atoms with van der Waals surface area (Å²) in [5.41, 5.74) is 0.934. The molecule has 0 aliphatic carbocycles. The van der Waals surface area contributed by atoms with Crippen LogP contribution in [0.1, 0.15) is 43.0 Å². The number of cyclic esters (lactones) is 2. The van der Waals surface area contributed by atoms with Crippen LogP contribution in [0.15, 0.2) is 109 Å². The first-order valence-corrected chi connectivity index (χ1v) is 10.5. The average molecular weight is 418 g/mol. The second-order valence-electron chi connectivity index (χ2n) is 7.96. The number of fused-ring (bicyclic) bond motifs is 2. The van der Waals surface area contributed by atoms with Gasteiger partial charge in [-0.25, -0.2) is 9.59 Å². The smallest absolute Gasteiger partial charge is 0.339 e. The maximum absolute atomic E-state index is 13.2. The number of carbonyl (C=O) groups excluding carboxylic acids is 2. The zero-order chi connectivity index (χ0) is 21.8. The highest BCUT2D eigenvalue weighted by atomic mass is 16.6. The third-order valence-electron chi connectivity index (χ3n) is 6.40. The van der Waals surface area contributed by atoms with Gasteiger partial charge in [0.05, 0.1) is 11.1 Å². The lowest BCUT2D eigenvalue weighted by atomic mass is 9.66. The van der Waals surface area contributed by atoms with Crippen LogP contribution in [0.2, 0.25) is 0 Å². The molecule has 0 saturated carbocycles. The van der Waals surface area contributed by atoms with E-state index in [1.807, 2.05) is 97.1 Å². The number of rotatable bonds is 3. The molecule has 0 aromatic heterocycles. The molecule has 2 atom stereocenters. The summed E-state index contributed by atoms with van der Waals surface area (Å²) < 4.78 is 12.7. The molecule has 2 heterocycles. The lowest BCUT2D eigenvalue weighted by Crippen LogP contribution is -2.51. The predicted molar refractivity (Wildman–Crippen MR) is 118 cm³/mol. The molecule has 32 heavy (non-hydrogen) atoms. The molecule has 0 bridgehead atoms. The van der Waals surface area contributed by atoms with Crippen LogP contribution in [0.5, 0.6) is 0 Å². The first-order chi connectivity index (χ1) is 15.7. The molecule has 4 aromatic rings. The molecule has 4 heteroatoms. The Bertz CT molecular complexity index is 1260. The van der Waals surface area contributed by atoms with Crippen LogP contribution in [0.3, 0.4) is 0 Å². The molecule has 6 rings (SSSR count). The van der Waals surface area contributed by atoms with Crippen molar-refractivity contribution in [1.82, 2.24) is 0 Å². The maximum atomic E-state index is 13.2. The van der Waals surface area contributed by atoms with Crippen LogP contribution in [-0.4, -0.2) is 11.9 Å². The molecular weight excluding hydrogens is 400 g/mol. The van der Waals surface area contributed by atoms with Gasteiger partial charge in [-0.1, -0.05) is 97.1 Å². The Labute approximate surface area is 185 Å². The second kappa shape index (κ2) is 6.66.